The molecule has 1 fully saturated rings. The highest BCUT2D eigenvalue weighted by atomic mass is 16.5. The smallest absolute Gasteiger partial charge is 0.0984 e. The van der Waals surface area contributed by atoms with Crippen molar-refractivity contribution < 1.29 is 4.74 Å². The molecule has 1 atom stereocenters. The molecule has 9 heavy (non-hydrogen) atoms. The molecule has 0 N–H and O–H groups in total. The van der Waals surface area contributed by atoms with E-state index in [2.05, 4.69) is 10.2 Å². The zero-order valence-corrected chi connectivity index (χ0v) is 5.08. The number of rotatable bonds is 0. The first-order chi connectivity index (χ1) is 4.47. The molecule has 0 aliphatic carbocycles. The number of ether oxygens (including phenoxy) is 1. The third-order valence-corrected chi connectivity index (χ3v) is 1.66. The van der Waals surface area contributed by atoms with E-state index in [0.29, 0.717) is 6.04 Å². The van der Waals surface area contributed by atoms with E-state index in [4.69, 9.17) is 4.74 Å². The molecule has 0 aromatic heterocycles. The van der Waals surface area contributed by atoms with Gasteiger partial charge in [0, 0.05) is 12.2 Å². The van der Waals surface area contributed by atoms with Crippen LogP contribution in [0.3, 0.4) is 0 Å². The molecule has 0 aromatic rings. The van der Waals surface area contributed by atoms with Gasteiger partial charge in [0.2, 0.25) is 0 Å². The van der Waals surface area contributed by atoms with Gasteiger partial charge in [-0.2, -0.15) is 10.2 Å². The van der Waals surface area contributed by atoms with Crippen molar-refractivity contribution in [3.63, 3.8) is 0 Å². The van der Waals surface area contributed by atoms with Gasteiger partial charge in [0.05, 0.1) is 18.8 Å². The lowest BCUT2D eigenvalue weighted by Crippen LogP contribution is -2.19. The van der Waals surface area contributed by atoms with Crippen LogP contribution >= 0.6 is 0 Å². The number of azo groups is 1. The molecule has 0 spiro atoms. The standard InChI is InChI=1S/C6H8N2O/c1-2-9-4-5-3-7-8-6(1)5/h3,6H,1-2,4H2/t6-/m1/s1. The summed E-state index contributed by atoms with van der Waals surface area (Å²) in [6, 6.07) is 0.360. The normalized spacial score (nSPS) is 32.0. The summed E-state index contributed by atoms with van der Waals surface area (Å²) in [4.78, 5) is 0. The lowest BCUT2D eigenvalue weighted by Gasteiger charge is -2.16. The van der Waals surface area contributed by atoms with Crippen LogP contribution in [0.15, 0.2) is 22.0 Å². The average Bonchev–Trinajstić information content (AvgIpc) is 2.33. The first-order valence-electron chi connectivity index (χ1n) is 3.13. The maximum atomic E-state index is 5.20. The Morgan fingerprint density at radius 2 is 2.67 bits per heavy atom. The van der Waals surface area contributed by atoms with Crippen LogP contribution in [0.1, 0.15) is 6.42 Å². The minimum atomic E-state index is 0.360. The monoisotopic (exact) mass is 124 g/mol. The molecule has 48 valence electrons. The molecule has 3 nitrogen and oxygen atoms in total. The van der Waals surface area contributed by atoms with Gasteiger partial charge in [-0.05, 0) is 6.42 Å². The topological polar surface area (TPSA) is 34.0 Å². The van der Waals surface area contributed by atoms with Crippen LogP contribution in [0.5, 0.6) is 0 Å². The van der Waals surface area contributed by atoms with Crippen LogP contribution in [-0.2, 0) is 4.74 Å². The number of hydrogen-bond donors (Lipinski definition) is 0. The first-order valence-corrected chi connectivity index (χ1v) is 3.13. The predicted octanol–water partition coefficient (Wildman–Crippen LogP) is 1.12. The number of fused-ring (bicyclic) bond motifs is 1. The molecule has 0 amide bonds. The minimum Gasteiger partial charge on any atom is -0.377 e. The highest BCUT2D eigenvalue weighted by Crippen LogP contribution is 2.21. The lowest BCUT2D eigenvalue weighted by molar-refractivity contribution is 0.123. The Morgan fingerprint density at radius 1 is 1.67 bits per heavy atom. The van der Waals surface area contributed by atoms with Gasteiger partial charge in [-0.1, -0.05) is 0 Å². The zero-order valence-electron chi connectivity index (χ0n) is 5.08. The molecule has 0 bridgehead atoms. The van der Waals surface area contributed by atoms with Gasteiger partial charge in [0.25, 0.3) is 0 Å². The molecule has 0 radical (unpaired) electrons. The van der Waals surface area contributed by atoms with Crippen LogP contribution in [0.25, 0.3) is 0 Å². The largest absolute Gasteiger partial charge is 0.377 e. The molecule has 0 unspecified atom stereocenters. The van der Waals surface area contributed by atoms with Crippen molar-refractivity contribution in [3.8, 4) is 0 Å². The van der Waals surface area contributed by atoms with E-state index in [1.807, 2.05) is 6.20 Å². The van der Waals surface area contributed by atoms with E-state index >= 15 is 0 Å². The number of nitrogens with zero attached hydrogens (tertiary/aromatic N) is 2. The molecule has 2 aliphatic rings. The van der Waals surface area contributed by atoms with Crippen molar-refractivity contribution in [2.24, 2.45) is 10.2 Å². The SMILES string of the molecule is C1=C2COCC[C@H]2N=N1. The van der Waals surface area contributed by atoms with Crippen molar-refractivity contribution in [3.05, 3.63) is 11.8 Å². The fraction of sp³-hybridized carbons (Fsp3) is 0.667. The predicted molar refractivity (Wildman–Crippen MR) is 32.2 cm³/mol. The maximum Gasteiger partial charge on any atom is 0.0984 e. The van der Waals surface area contributed by atoms with Gasteiger partial charge in [-0.25, -0.2) is 0 Å². The van der Waals surface area contributed by atoms with Gasteiger partial charge in [0.1, 0.15) is 0 Å². The van der Waals surface area contributed by atoms with Gasteiger partial charge < -0.3 is 4.74 Å². The quantitative estimate of drug-likeness (QED) is 0.476. The van der Waals surface area contributed by atoms with Gasteiger partial charge >= 0.3 is 0 Å². The van der Waals surface area contributed by atoms with Crippen molar-refractivity contribution in [2.45, 2.75) is 12.5 Å². The van der Waals surface area contributed by atoms with E-state index in [9.17, 15) is 0 Å². The molecule has 2 rings (SSSR count). The number of hydrogen-bond acceptors (Lipinski definition) is 3. The summed E-state index contributed by atoms with van der Waals surface area (Å²) < 4.78 is 5.20. The van der Waals surface area contributed by atoms with Crippen LogP contribution in [0.2, 0.25) is 0 Å². The second-order valence-electron chi connectivity index (χ2n) is 2.29. The Morgan fingerprint density at radius 3 is 3.56 bits per heavy atom. The van der Waals surface area contributed by atoms with Crippen LogP contribution in [-0.4, -0.2) is 19.3 Å². The fourth-order valence-corrected chi connectivity index (χ4v) is 1.11. The molecule has 2 heterocycles. The molecule has 1 saturated heterocycles. The lowest BCUT2D eigenvalue weighted by atomic mass is 10.1. The van der Waals surface area contributed by atoms with E-state index in [-0.39, 0.29) is 0 Å². The maximum absolute atomic E-state index is 5.20. The van der Waals surface area contributed by atoms with Crippen molar-refractivity contribution in [1.82, 2.24) is 0 Å². The summed E-state index contributed by atoms with van der Waals surface area (Å²) in [5.41, 5.74) is 1.24. The molecular formula is C6H8N2O. The summed E-state index contributed by atoms with van der Waals surface area (Å²) in [5.74, 6) is 0. The molecule has 3 heteroatoms. The zero-order chi connectivity index (χ0) is 6.10. The van der Waals surface area contributed by atoms with E-state index in [1.54, 1.807) is 0 Å². The Bertz CT molecular complexity index is 174. The van der Waals surface area contributed by atoms with Crippen molar-refractivity contribution in [1.29, 1.82) is 0 Å². The van der Waals surface area contributed by atoms with E-state index in [0.717, 1.165) is 19.6 Å². The van der Waals surface area contributed by atoms with Crippen molar-refractivity contribution >= 4 is 0 Å². The molecular weight excluding hydrogens is 116 g/mol. The van der Waals surface area contributed by atoms with E-state index in [1.165, 1.54) is 5.57 Å². The Hall–Kier alpha value is -0.700. The van der Waals surface area contributed by atoms with Crippen molar-refractivity contribution in [2.75, 3.05) is 13.2 Å². The highest BCUT2D eigenvalue weighted by molar-refractivity contribution is 5.15. The summed E-state index contributed by atoms with van der Waals surface area (Å²) in [6.45, 7) is 1.57. The minimum absolute atomic E-state index is 0.360. The first kappa shape index (κ1) is 5.11. The average molecular weight is 124 g/mol. The van der Waals surface area contributed by atoms with E-state index < -0.39 is 0 Å². The Balaban J connectivity index is 2.16. The Kier molecular flexibility index (Phi) is 1.09. The molecule has 0 saturated carbocycles. The highest BCUT2D eigenvalue weighted by Gasteiger charge is 2.21. The second-order valence-corrected chi connectivity index (χ2v) is 2.29. The fourth-order valence-electron chi connectivity index (χ4n) is 1.11. The summed E-state index contributed by atoms with van der Waals surface area (Å²) in [5, 5.41) is 7.82. The summed E-state index contributed by atoms with van der Waals surface area (Å²) >= 11 is 0. The van der Waals surface area contributed by atoms with Crippen LogP contribution < -0.4 is 0 Å². The van der Waals surface area contributed by atoms with Gasteiger partial charge in [0.15, 0.2) is 0 Å². The summed E-state index contributed by atoms with van der Waals surface area (Å²) in [6.07, 6.45) is 2.82. The van der Waals surface area contributed by atoms with Crippen LogP contribution in [0.4, 0.5) is 0 Å². The van der Waals surface area contributed by atoms with Gasteiger partial charge in [-0.3, -0.25) is 0 Å². The van der Waals surface area contributed by atoms with Gasteiger partial charge in [-0.15, -0.1) is 0 Å². The summed E-state index contributed by atoms with van der Waals surface area (Å²) in [7, 11) is 0. The third-order valence-electron chi connectivity index (χ3n) is 1.66. The third kappa shape index (κ3) is 0.772. The molecule has 2 aliphatic heterocycles. The Labute approximate surface area is 53.4 Å². The van der Waals surface area contributed by atoms with Crippen LogP contribution in [0, 0.1) is 0 Å². The molecule has 0 aromatic carbocycles. The second kappa shape index (κ2) is 1.92.